The van der Waals surface area contributed by atoms with Gasteiger partial charge in [-0.05, 0) is 38.7 Å². The Bertz CT molecular complexity index is 722. The third-order valence-electron chi connectivity index (χ3n) is 5.16. The first-order chi connectivity index (χ1) is 16.0. The molecule has 1 atom stereocenters. The number of ether oxygens (including phenoxy) is 3. The zero-order chi connectivity index (χ0) is 24.3. The maximum Gasteiger partial charge on any atom is 0.330 e. The predicted octanol–water partition coefficient (Wildman–Crippen LogP) is 5.56. The Labute approximate surface area is 198 Å². The van der Waals surface area contributed by atoms with Crippen LogP contribution in [0.3, 0.4) is 0 Å². The number of hydrogen-bond acceptors (Lipinski definition) is 6. The van der Waals surface area contributed by atoms with Crippen molar-refractivity contribution in [1.29, 1.82) is 0 Å². The molecule has 0 aliphatic rings. The Morgan fingerprint density at radius 1 is 0.879 bits per heavy atom. The van der Waals surface area contributed by atoms with Crippen LogP contribution in [0, 0.1) is 11.8 Å². The summed E-state index contributed by atoms with van der Waals surface area (Å²) in [5, 5.41) is 0. The van der Waals surface area contributed by atoms with Gasteiger partial charge in [-0.3, -0.25) is 9.59 Å². The molecule has 1 aromatic rings. The van der Waals surface area contributed by atoms with Gasteiger partial charge in [0.2, 0.25) is 0 Å². The fraction of sp³-hybridized carbons (Fsp3) is 0.519. The summed E-state index contributed by atoms with van der Waals surface area (Å²) in [5.41, 5.74) is 0.878. The molecule has 0 spiro atoms. The zero-order valence-corrected chi connectivity index (χ0v) is 20.0. The maximum absolute atomic E-state index is 12.6. The lowest BCUT2D eigenvalue weighted by atomic mass is 9.87. The standard InChI is InChI=1S/C27H38O6/c1-4-7-8-9-10-11-15-18-23(25(26(29)31-5-2)27(30)32-6-3)19-20-24(28)33-21-22-16-13-12-14-17-22/h4,12-14,16-17,19-20,23,25H,1,5-11,15,18,21H2,2-3H3/b20-19+/t23-/m0/s1. The van der Waals surface area contributed by atoms with Gasteiger partial charge in [-0.2, -0.15) is 0 Å². The number of hydrogen-bond donors (Lipinski definition) is 0. The predicted molar refractivity (Wildman–Crippen MR) is 128 cm³/mol. The van der Waals surface area contributed by atoms with E-state index in [0.717, 1.165) is 44.1 Å². The van der Waals surface area contributed by atoms with Crippen molar-refractivity contribution >= 4 is 17.9 Å². The molecular weight excluding hydrogens is 420 g/mol. The van der Waals surface area contributed by atoms with E-state index in [1.165, 1.54) is 6.08 Å². The molecule has 0 bridgehead atoms. The first-order valence-electron chi connectivity index (χ1n) is 11.9. The van der Waals surface area contributed by atoms with E-state index in [1.807, 2.05) is 36.4 Å². The van der Waals surface area contributed by atoms with E-state index < -0.39 is 29.7 Å². The van der Waals surface area contributed by atoms with Crippen LogP contribution in [-0.2, 0) is 35.2 Å². The second-order valence-electron chi connectivity index (χ2n) is 7.73. The minimum atomic E-state index is -1.11. The summed E-state index contributed by atoms with van der Waals surface area (Å²) in [5.74, 6) is -3.41. The lowest BCUT2D eigenvalue weighted by molar-refractivity contribution is -0.163. The van der Waals surface area contributed by atoms with Gasteiger partial charge in [0.15, 0.2) is 5.92 Å². The second kappa shape index (κ2) is 17.6. The van der Waals surface area contributed by atoms with Gasteiger partial charge in [0.25, 0.3) is 0 Å². The van der Waals surface area contributed by atoms with Crippen LogP contribution in [0.2, 0.25) is 0 Å². The van der Waals surface area contributed by atoms with E-state index in [0.29, 0.717) is 6.42 Å². The number of rotatable bonds is 17. The van der Waals surface area contributed by atoms with Crippen LogP contribution < -0.4 is 0 Å². The summed E-state index contributed by atoms with van der Waals surface area (Å²) in [6.07, 6.45) is 11.4. The molecule has 1 aromatic carbocycles. The monoisotopic (exact) mass is 458 g/mol. The second-order valence-corrected chi connectivity index (χ2v) is 7.73. The molecule has 0 saturated carbocycles. The fourth-order valence-electron chi connectivity index (χ4n) is 3.46. The average molecular weight is 459 g/mol. The molecule has 0 saturated heterocycles. The number of carbonyl (C=O) groups excluding carboxylic acids is 3. The minimum Gasteiger partial charge on any atom is -0.465 e. The number of esters is 3. The number of benzene rings is 1. The van der Waals surface area contributed by atoms with Crippen molar-refractivity contribution in [2.75, 3.05) is 13.2 Å². The number of allylic oxidation sites excluding steroid dienone is 2. The maximum atomic E-state index is 12.6. The van der Waals surface area contributed by atoms with Crippen LogP contribution >= 0.6 is 0 Å². The molecule has 6 nitrogen and oxygen atoms in total. The highest BCUT2D eigenvalue weighted by Gasteiger charge is 2.36. The third-order valence-corrected chi connectivity index (χ3v) is 5.16. The molecule has 0 amide bonds. The Hall–Kier alpha value is -2.89. The third kappa shape index (κ3) is 12.1. The molecule has 0 aliphatic carbocycles. The summed E-state index contributed by atoms with van der Waals surface area (Å²) in [4.78, 5) is 37.4. The van der Waals surface area contributed by atoms with Crippen molar-refractivity contribution in [2.24, 2.45) is 11.8 Å². The van der Waals surface area contributed by atoms with Crippen LogP contribution in [0.15, 0.2) is 55.1 Å². The Morgan fingerprint density at radius 3 is 2.09 bits per heavy atom. The molecule has 33 heavy (non-hydrogen) atoms. The summed E-state index contributed by atoms with van der Waals surface area (Å²) in [6.45, 7) is 7.58. The van der Waals surface area contributed by atoms with E-state index in [4.69, 9.17) is 14.2 Å². The molecular formula is C27H38O6. The highest BCUT2D eigenvalue weighted by molar-refractivity contribution is 5.95. The summed E-state index contributed by atoms with van der Waals surface area (Å²) in [6, 6.07) is 9.37. The molecule has 1 rings (SSSR count). The highest BCUT2D eigenvalue weighted by Crippen LogP contribution is 2.25. The molecule has 0 heterocycles. The molecule has 0 aromatic heterocycles. The van der Waals surface area contributed by atoms with Gasteiger partial charge in [0.05, 0.1) is 13.2 Å². The van der Waals surface area contributed by atoms with Gasteiger partial charge in [0, 0.05) is 12.0 Å². The van der Waals surface area contributed by atoms with Gasteiger partial charge in [-0.1, -0.05) is 68.2 Å². The van der Waals surface area contributed by atoms with E-state index >= 15 is 0 Å². The molecule has 182 valence electrons. The SMILES string of the molecule is C=CCCCCCCC[C@@H](/C=C/C(=O)OCc1ccccc1)C(C(=O)OCC)C(=O)OCC. The molecule has 0 radical (unpaired) electrons. The van der Waals surface area contributed by atoms with E-state index in [-0.39, 0.29) is 19.8 Å². The Morgan fingerprint density at radius 2 is 1.48 bits per heavy atom. The van der Waals surface area contributed by atoms with Crippen LogP contribution in [0.1, 0.15) is 64.4 Å². The summed E-state index contributed by atoms with van der Waals surface area (Å²) in [7, 11) is 0. The van der Waals surface area contributed by atoms with E-state index in [9.17, 15) is 14.4 Å². The van der Waals surface area contributed by atoms with E-state index in [1.54, 1.807) is 19.9 Å². The average Bonchev–Trinajstić information content (AvgIpc) is 2.81. The van der Waals surface area contributed by atoms with Crippen LogP contribution in [0.25, 0.3) is 0 Å². The van der Waals surface area contributed by atoms with E-state index in [2.05, 4.69) is 6.58 Å². The van der Waals surface area contributed by atoms with Crippen LogP contribution in [0.5, 0.6) is 0 Å². The lowest BCUT2D eigenvalue weighted by Gasteiger charge is -2.21. The Kier molecular flexibility index (Phi) is 15.0. The minimum absolute atomic E-state index is 0.151. The fourth-order valence-corrected chi connectivity index (χ4v) is 3.46. The first-order valence-corrected chi connectivity index (χ1v) is 11.9. The van der Waals surface area contributed by atoms with Gasteiger partial charge in [-0.25, -0.2) is 4.79 Å². The smallest absolute Gasteiger partial charge is 0.330 e. The van der Waals surface area contributed by atoms with Crippen molar-refractivity contribution in [3.8, 4) is 0 Å². The van der Waals surface area contributed by atoms with Crippen LogP contribution in [0.4, 0.5) is 0 Å². The Balaban J connectivity index is 2.82. The largest absolute Gasteiger partial charge is 0.465 e. The molecule has 0 unspecified atom stereocenters. The normalized spacial score (nSPS) is 11.8. The van der Waals surface area contributed by atoms with Gasteiger partial charge >= 0.3 is 17.9 Å². The number of carbonyl (C=O) groups is 3. The van der Waals surface area contributed by atoms with Crippen LogP contribution in [-0.4, -0.2) is 31.1 Å². The first kappa shape index (κ1) is 28.1. The van der Waals surface area contributed by atoms with Crippen molar-refractivity contribution in [3.63, 3.8) is 0 Å². The summed E-state index contributed by atoms with van der Waals surface area (Å²) >= 11 is 0. The van der Waals surface area contributed by atoms with Gasteiger partial charge < -0.3 is 14.2 Å². The number of unbranched alkanes of at least 4 members (excludes halogenated alkanes) is 5. The van der Waals surface area contributed by atoms with Crippen molar-refractivity contribution in [2.45, 2.75) is 65.4 Å². The topological polar surface area (TPSA) is 78.9 Å². The zero-order valence-electron chi connectivity index (χ0n) is 20.0. The van der Waals surface area contributed by atoms with Crippen molar-refractivity contribution < 1.29 is 28.6 Å². The highest BCUT2D eigenvalue weighted by atomic mass is 16.6. The van der Waals surface area contributed by atoms with Crippen molar-refractivity contribution in [3.05, 3.63) is 60.7 Å². The lowest BCUT2D eigenvalue weighted by Crippen LogP contribution is -2.34. The van der Waals surface area contributed by atoms with Gasteiger partial charge in [-0.15, -0.1) is 6.58 Å². The summed E-state index contributed by atoms with van der Waals surface area (Å²) < 4.78 is 15.6. The quantitative estimate of drug-likeness (QED) is 0.0759. The molecule has 0 fully saturated rings. The van der Waals surface area contributed by atoms with Gasteiger partial charge in [0.1, 0.15) is 6.61 Å². The van der Waals surface area contributed by atoms with Crippen molar-refractivity contribution in [1.82, 2.24) is 0 Å². The molecule has 0 N–H and O–H groups in total. The molecule has 6 heteroatoms. The molecule has 0 aliphatic heterocycles.